The number of carbonyl (C=O) groups is 1. The zero-order chi connectivity index (χ0) is 15.8. The van der Waals surface area contributed by atoms with Gasteiger partial charge in [-0.2, -0.15) is 0 Å². The predicted molar refractivity (Wildman–Crippen MR) is 85.3 cm³/mol. The Labute approximate surface area is 126 Å². The Bertz CT molecular complexity index is 461. The molecule has 0 aliphatic carbocycles. The third kappa shape index (κ3) is 6.14. The highest BCUT2D eigenvalue weighted by Crippen LogP contribution is 2.20. The molecule has 5 heteroatoms. The summed E-state index contributed by atoms with van der Waals surface area (Å²) >= 11 is 0. The maximum atomic E-state index is 12.0. The summed E-state index contributed by atoms with van der Waals surface area (Å²) in [4.78, 5) is 12.0. The average Bonchev–Trinajstić information content (AvgIpc) is 2.42. The van der Waals surface area contributed by atoms with Gasteiger partial charge >= 0.3 is 0 Å². The lowest BCUT2D eigenvalue weighted by atomic mass is 10.1. The minimum atomic E-state index is -0.534. The van der Waals surface area contributed by atoms with Crippen LogP contribution in [0, 0.1) is 12.8 Å². The van der Waals surface area contributed by atoms with Crippen LogP contribution in [0.4, 0.5) is 11.4 Å². The molecule has 1 aromatic carbocycles. The van der Waals surface area contributed by atoms with Gasteiger partial charge in [-0.3, -0.25) is 4.79 Å². The molecule has 0 spiro atoms. The van der Waals surface area contributed by atoms with Crippen LogP contribution in [0.5, 0.6) is 0 Å². The Morgan fingerprint density at radius 2 is 2.00 bits per heavy atom. The van der Waals surface area contributed by atoms with Gasteiger partial charge in [0.15, 0.2) is 0 Å². The van der Waals surface area contributed by atoms with E-state index in [1.165, 1.54) is 0 Å². The normalized spacial score (nSPS) is 12.4. The van der Waals surface area contributed by atoms with Crippen LogP contribution in [0.1, 0.15) is 26.3 Å². The van der Waals surface area contributed by atoms with Gasteiger partial charge in [0.05, 0.1) is 13.2 Å². The summed E-state index contributed by atoms with van der Waals surface area (Å²) < 4.78 is 10.9. The lowest BCUT2D eigenvalue weighted by molar-refractivity contribution is -0.127. The highest BCUT2D eigenvalue weighted by Gasteiger charge is 2.14. The Morgan fingerprint density at radius 3 is 2.67 bits per heavy atom. The topological polar surface area (TPSA) is 73.6 Å². The highest BCUT2D eigenvalue weighted by molar-refractivity contribution is 5.95. The summed E-state index contributed by atoms with van der Waals surface area (Å²) in [7, 11) is 0. The van der Waals surface area contributed by atoms with E-state index in [1.54, 1.807) is 13.0 Å². The molecule has 0 heterocycles. The monoisotopic (exact) mass is 294 g/mol. The molecule has 5 nitrogen and oxygen atoms in total. The van der Waals surface area contributed by atoms with Crippen molar-refractivity contribution in [2.45, 2.75) is 33.8 Å². The van der Waals surface area contributed by atoms with Gasteiger partial charge in [0.25, 0.3) is 5.91 Å². The zero-order valence-corrected chi connectivity index (χ0v) is 13.3. The molecule has 0 aliphatic rings. The van der Waals surface area contributed by atoms with Gasteiger partial charge in [-0.1, -0.05) is 19.9 Å². The number of hydrogen-bond acceptors (Lipinski definition) is 4. The van der Waals surface area contributed by atoms with Crippen molar-refractivity contribution in [2.75, 3.05) is 30.9 Å². The first kappa shape index (κ1) is 17.5. The fraction of sp³-hybridized carbons (Fsp3) is 0.562. The second kappa shape index (κ2) is 8.64. The Kier molecular flexibility index (Phi) is 7.19. The van der Waals surface area contributed by atoms with Gasteiger partial charge in [-0.15, -0.1) is 0 Å². The number of nitrogens with one attached hydrogen (secondary N) is 1. The molecule has 1 amide bonds. The standard InChI is InChI=1S/C16H26N2O3/c1-11(2)10-20-8-9-21-13(4)16(19)18-15-7-5-6-14(17)12(15)3/h5-7,11,13H,8-10,17H2,1-4H3,(H,18,19). The number of benzene rings is 1. The lowest BCUT2D eigenvalue weighted by Crippen LogP contribution is -2.29. The van der Waals surface area contributed by atoms with Crippen LogP contribution in [-0.4, -0.2) is 31.8 Å². The van der Waals surface area contributed by atoms with Crippen LogP contribution in [-0.2, 0) is 14.3 Å². The second-order valence-electron chi connectivity index (χ2n) is 5.49. The molecule has 118 valence electrons. The smallest absolute Gasteiger partial charge is 0.253 e. The van der Waals surface area contributed by atoms with Crippen LogP contribution in [0.3, 0.4) is 0 Å². The maximum absolute atomic E-state index is 12.0. The molecule has 0 aliphatic heterocycles. The van der Waals surface area contributed by atoms with E-state index < -0.39 is 6.10 Å². The molecule has 0 aromatic heterocycles. The van der Waals surface area contributed by atoms with E-state index in [2.05, 4.69) is 19.2 Å². The molecule has 21 heavy (non-hydrogen) atoms. The largest absolute Gasteiger partial charge is 0.398 e. The number of carbonyl (C=O) groups excluding carboxylic acids is 1. The molecule has 0 fully saturated rings. The van der Waals surface area contributed by atoms with Gasteiger partial charge in [-0.25, -0.2) is 0 Å². The SMILES string of the molecule is Cc1c(N)cccc1NC(=O)C(C)OCCOCC(C)C. The number of hydrogen-bond donors (Lipinski definition) is 2. The van der Waals surface area contributed by atoms with Crippen LogP contribution < -0.4 is 11.1 Å². The van der Waals surface area contributed by atoms with Gasteiger partial charge in [0, 0.05) is 18.0 Å². The van der Waals surface area contributed by atoms with E-state index in [4.69, 9.17) is 15.2 Å². The summed E-state index contributed by atoms with van der Waals surface area (Å²) in [6.07, 6.45) is -0.534. The molecule has 1 aromatic rings. The number of ether oxygens (including phenoxy) is 2. The molecule has 1 atom stereocenters. The van der Waals surface area contributed by atoms with E-state index in [9.17, 15) is 4.79 Å². The Balaban J connectivity index is 2.36. The lowest BCUT2D eigenvalue weighted by Gasteiger charge is -2.15. The first-order chi connectivity index (χ1) is 9.91. The average molecular weight is 294 g/mol. The molecule has 1 rings (SSSR count). The first-order valence-corrected chi connectivity index (χ1v) is 7.27. The number of nitrogen functional groups attached to an aromatic ring is 1. The molecular formula is C16H26N2O3. The van der Waals surface area contributed by atoms with Gasteiger partial charge in [0.2, 0.25) is 0 Å². The van der Waals surface area contributed by atoms with Crippen LogP contribution in [0.2, 0.25) is 0 Å². The molecule has 0 saturated heterocycles. The van der Waals surface area contributed by atoms with Crippen molar-refractivity contribution in [1.29, 1.82) is 0 Å². The minimum Gasteiger partial charge on any atom is -0.398 e. The summed E-state index contributed by atoms with van der Waals surface area (Å²) in [6, 6.07) is 5.43. The Morgan fingerprint density at radius 1 is 1.29 bits per heavy atom. The number of rotatable bonds is 8. The van der Waals surface area contributed by atoms with E-state index in [0.717, 1.165) is 5.56 Å². The fourth-order valence-electron chi connectivity index (χ4n) is 1.70. The Hall–Kier alpha value is -1.59. The molecular weight excluding hydrogens is 268 g/mol. The van der Waals surface area contributed by atoms with Crippen LogP contribution in [0.25, 0.3) is 0 Å². The van der Waals surface area contributed by atoms with Gasteiger partial charge < -0.3 is 20.5 Å². The van der Waals surface area contributed by atoms with Crippen molar-refractivity contribution in [2.24, 2.45) is 5.92 Å². The van der Waals surface area contributed by atoms with E-state index in [-0.39, 0.29) is 5.91 Å². The molecule has 1 unspecified atom stereocenters. The first-order valence-electron chi connectivity index (χ1n) is 7.27. The van der Waals surface area contributed by atoms with Crippen molar-refractivity contribution in [3.05, 3.63) is 23.8 Å². The van der Waals surface area contributed by atoms with Crippen molar-refractivity contribution in [1.82, 2.24) is 0 Å². The highest BCUT2D eigenvalue weighted by atomic mass is 16.5. The summed E-state index contributed by atoms with van der Waals surface area (Å²) in [5.74, 6) is 0.310. The number of amides is 1. The van der Waals surface area contributed by atoms with E-state index >= 15 is 0 Å². The molecule has 0 bridgehead atoms. The van der Waals surface area contributed by atoms with Crippen molar-refractivity contribution >= 4 is 17.3 Å². The van der Waals surface area contributed by atoms with Gasteiger partial charge in [-0.05, 0) is 37.5 Å². The summed E-state index contributed by atoms with van der Waals surface area (Å²) in [5, 5.41) is 2.83. The van der Waals surface area contributed by atoms with Crippen LogP contribution in [0.15, 0.2) is 18.2 Å². The van der Waals surface area contributed by atoms with Gasteiger partial charge in [0.1, 0.15) is 6.10 Å². The minimum absolute atomic E-state index is 0.187. The summed E-state index contributed by atoms with van der Waals surface area (Å²) in [5.41, 5.74) is 8.04. The third-order valence-corrected chi connectivity index (χ3v) is 3.05. The number of nitrogens with two attached hydrogens (primary N) is 1. The van der Waals surface area contributed by atoms with Crippen molar-refractivity contribution < 1.29 is 14.3 Å². The molecule has 0 saturated carbocycles. The van der Waals surface area contributed by atoms with E-state index in [1.807, 2.05) is 19.1 Å². The summed E-state index contributed by atoms with van der Waals surface area (Å²) in [6.45, 7) is 9.36. The number of anilines is 2. The molecule has 0 radical (unpaired) electrons. The third-order valence-electron chi connectivity index (χ3n) is 3.05. The van der Waals surface area contributed by atoms with Crippen molar-refractivity contribution in [3.8, 4) is 0 Å². The predicted octanol–water partition coefficient (Wildman–Crippen LogP) is 2.59. The second-order valence-corrected chi connectivity index (χ2v) is 5.49. The molecule has 3 N–H and O–H groups in total. The quantitative estimate of drug-likeness (QED) is 0.571. The zero-order valence-electron chi connectivity index (χ0n) is 13.3. The van der Waals surface area contributed by atoms with E-state index in [0.29, 0.717) is 37.1 Å². The van der Waals surface area contributed by atoms with Crippen molar-refractivity contribution in [3.63, 3.8) is 0 Å². The van der Waals surface area contributed by atoms with Crippen LogP contribution >= 0.6 is 0 Å². The fourth-order valence-corrected chi connectivity index (χ4v) is 1.70. The maximum Gasteiger partial charge on any atom is 0.253 e.